The van der Waals surface area contributed by atoms with Gasteiger partial charge in [-0.3, -0.25) is 20.0 Å². The summed E-state index contributed by atoms with van der Waals surface area (Å²) in [5, 5.41) is 33.5. The standard InChI is InChI=1S/C16H12N10O2/c17-5-9-7-23(15(27)25(21)13(9)19)11-1-2-12(4-3-11)24-8-10(6-18)14(20)26(22)16(24)28/h1-4,7-8,19-20H,21-22H2. The molecule has 0 aliphatic heterocycles. The average Bonchev–Trinajstić information content (AvgIpc) is 2.71. The predicted molar refractivity (Wildman–Crippen MR) is 95.1 cm³/mol. The van der Waals surface area contributed by atoms with Crippen molar-refractivity contribution in [2.75, 3.05) is 11.7 Å². The summed E-state index contributed by atoms with van der Waals surface area (Å²) in [6.07, 6.45) is 2.37. The summed E-state index contributed by atoms with van der Waals surface area (Å²) >= 11 is 0. The normalized spacial score (nSPS) is 10.2. The Labute approximate surface area is 155 Å². The van der Waals surface area contributed by atoms with Gasteiger partial charge in [0.25, 0.3) is 0 Å². The SMILES string of the molecule is N#Cc1cn(-c2ccc(-n3cc(C#N)c(=N)n(N)c3=O)cc2)c(=O)n(N)c1=N. The molecular weight excluding hydrogens is 364 g/mol. The van der Waals surface area contributed by atoms with Gasteiger partial charge in [0.1, 0.15) is 23.3 Å². The third kappa shape index (κ3) is 2.63. The van der Waals surface area contributed by atoms with E-state index in [0.29, 0.717) is 20.7 Å². The number of aromatic nitrogens is 4. The molecule has 1 aromatic carbocycles. The van der Waals surface area contributed by atoms with Crippen LogP contribution in [-0.2, 0) is 0 Å². The molecule has 0 unspecified atom stereocenters. The van der Waals surface area contributed by atoms with Crippen LogP contribution in [0.15, 0.2) is 46.2 Å². The van der Waals surface area contributed by atoms with Gasteiger partial charge in [0.2, 0.25) is 0 Å². The fraction of sp³-hybridized carbons (Fsp3) is 0. The van der Waals surface area contributed by atoms with Crippen molar-refractivity contribution in [1.29, 1.82) is 21.3 Å². The first-order chi connectivity index (χ1) is 13.3. The molecule has 6 N–H and O–H groups in total. The highest BCUT2D eigenvalue weighted by atomic mass is 16.2. The van der Waals surface area contributed by atoms with Crippen LogP contribution in [0, 0.1) is 33.5 Å². The van der Waals surface area contributed by atoms with E-state index >= 15 is 0 Å². The number of hydrogen-bond acceptors (Lipinski definition) is 8. The van der Waals surface area contributed by atoms with Crippen LogP contribution in [0.3, 0.4) is 0 Å². The Morgan fingerprint density at radius 3 is 1.36 bits per heavy atom. The van der Waals surface area contributed by atoms with Gasteiger partial charge < -0.3 is 11.7 Å². The molecule has 0 radical (unpaired) electrons. The van der Waals surface area contributed by atoms with Crippen molar-refractivity contribution in [3.63, 3.8) is 0 Å². The van der Waals surface area contributed by atoms with Crippen LogP contribution < -0.4 is 34.0 Å². The van der Waals surface area contributed by atoms with Crippen LogP contribution in [-0.4, -0.2) is 18.5 Å². The molecule has 3 aromatic rings. The molecule has 0 aliphatic rings. The molecule has 0 atom stereocenters. The summed E-state index contributed by atoms with van der Waals surface area (Å²) in [4.78, 5) is 24.5. The molecule has 0 spiro atoms. The summed E-state index contributed by atoms with van der Waals surface area (Å²) in [5.41, 5.74) is -1.85. The molecule has 0 aliphatic carbocycles. The van der Waals surface area contributed by atoms with Crippen molar-refractivity contribution in [2.45, 2.75) is 0 Å². The summed E-state index contributed by atoms with van der Waals surface area (Å²) < 4.78 is 3.25. The Balaban J connectivity index is 2.18. The van der Waals surface area contributed by atoms with Gasteiger partial charge in [0, 0.05) is 12.4 Å². The lowest BCUT2D eigenvalue weighted by Crippen LogP contribution is -2.45. The number of nitrogens with two attached hydrogens (primary N) is 2. The lowest BCUT2D eigenvalue weighted by atomic mass is 10.2. The first kappa shape index (κ1) is 18.0. The second kappa shape index (κ2) is 6.47. The fourth-order valence-electron chi connectivity index (χ4n) is 2.48. The largest absolute Gasteiger partial charge is 0.353 e. The van der Waals surface area contributed by atoms with Gasteiger partial charge in [0.05, 0.1) is 11.4 Å². The number of nitrogens with one attached hydrogen (secondary N) is 2. The second-order valence-corrected chi connectivity index (χ2v) is 5.57. The number of nitrogen functional groups attached to an aromatic ring is 2. The Kier molecular flexibility index (Phi) is 4.15. The minimum absolute atomic E-state index is 0.101. The van der Waals surface area contributed by atoms with Crippen molar-refractivity contribution in [3.05, 3.63) is 79.7 Å². The molecule has 138 valence electrons. The van der Waals surface area contributed by atoms with E-state index < -0.39 is 22.4 Å². The molecule has 2 aromatic heterocycles. The number of nitrogens with zero attached hydrogens (tertiary/aromatic N) is 6. The zero-order valence-corrected chi connectivity index (χ0v) is 14.1. The van der Waals surface area contributed by atoms with E-state index in [0.717, 1.165) is 9.13 Å². The Morgan fingerprint density at radius 1 is 0.750 bits per heavy atom. The molecule has 12 nitrogen and oxygen atoms in total. The van der Waals surface area contributed by atoms with Gasteiger partial charge in [-0.1, -0.05) is 0 Å². The van der Waals surface area contributed by atoms with Crippen LogP contribution in [0.25, 0.3) is 11.4 Å². The highest BCUT2D eigenvalue weighted by Gasteiger charge is 2.11. The highest BCUT2D eigenvalue weighted by molar-refractivity contribution is 5.43. The van der Waals surface area contributed by atoms with E-state index in [9.17, 15) is 9.59 Å². The predicted octanol–water partition coefficient (Wildman–Crippen LogP) is -2.28. The Bertz CT molecular complexity index is 1310. The van der Waals surface area contributed by atoms with Gasteiger partial charge in [-0.05, 0) is 24.3 Å². The molecule has 0 amide bonds. The Hall–Kier alpha value is -4.84. The summed E-state index contributed by atoms with van der Waals surface area (Å²) in [7, 11) is 0. The van der Waals surface area contributed by atoms with Crippen molar-refractivity contribution in [3.8, 4) is 23.5 Å². The van der Waals surface area contributed by atoms with E-state index in [-0.39, 0.29) is 11.1 Å². The molecular formula is C16H12N10O2. The zero-order valence-electron chi connectivity index (χ0n) is 14.1. The van der Waals surface area contributed by atoms with E-state index in [4.69, 9.17) is 33.0 Å². The minimum atomic E-state index is -0.737. The quantitative estimate of drug-likeness (QED) is 0.363. The molecule has 3 rings (SSSR count). The maximum absolute atomic E-state index is 12.3. The van der Waals surface area contributed by atoms with Crippen LogP contribution in [0.4, 0.5) is 0 Å². The maximum Gasteiger partial charge on any atom is 0.353 e. The fourth-order valence-corrected chi connectivity index (χ4v) is 2.48. The lowest BCUT2D eigenvalue weighted by molar-refractivity contribution is 0.735. The van der Waals surface area contributed by atoms with Gasteiger partial charge in [0.15, 0.2) is 11.0 Å². The molecule has 0 saturated heterocycles. The van der Waals surface area contributed by atoms with Crippen LogP contribution >= 0.6 is 0 Å². The molecule has 0 fully saturated rings. The number of nitriles is 2. The number of benzene rings is 1. The summed E-state index contributed by atoms with van der Waals surface area (Å²) in [5.74, 6) is 11.1. The van der Waals surface area contributed by atoms with Gasteiger partial charge >= 0.3 is 11.4 Å². The van der Waals surface area contributed by atoms with Crippen molar-refractivity contribution < 1.29 is 0 Å². The molecule has 2 heterocycles. The van der Waals surface area contributed by atoms with Crippen LogP contribution in [0.2, 0.25) is 0 Å². The van der Waals surface area contributed by atoms with Crippen molar-refractivity contribution in [2.24, 2.45) is 0 Å². The molecule has 12 heteroatoms. The minimum Gasteiger partial charge on any atom is -0.333 e. The van der Waals surface area contributed by atoms with Gasteiger partial charge in [-0.2, -0.15) is 19.9 Å². The Morgan fingerprint density at radius 2 is 1.07 bits per heavy atom. The van der Waals surface area contributed by atoms with E-state index in [1.807, 2.05) is 0 Å². The monoisotopic (exact) mass is 376 g/mol. The van der Waals surface area contributed by atoms with Crippen LogP contribution in [0.5, 0.6) is 0 Å². The molecule has 28 heavy (non-hydrogen) atoms. The van der Waals surface area contributed by atoms with E-state index in [2.05, 4.69) is 0 Å². The van der Waals surface area contributed by atoms with Crippen LogP contribution in [0.1, 0.15) is 11.1 Å². The number of rotatable bonds is 2. The van der Waals surface area contributed by atoms with Crippen molar-refractivity contribution >= 4 is 0 Å². The second-order valence-electron chi connectivity index (χ2n) is 5.57. The van der Waals surface area contributed by atoms with Gasteiger partial charge in [-0.25, -0.2) is 9.59 Å². The lowest BCUT2D eigenvalue weighted by Gasteiger charge is -2.11. The van der Waals surface area contributed by atoms with E-state index in [1.54, 1.807) is 12.1 Å². The molecule has 0 bridgehead atoms. The summed E-state index contributed by atoms with van der Waals surface area (Å²) in [6.45, 7) is 0. The zero-order chi connectivity index (χ0) is 20.6. The molecule has 0 saturated carbocycles. The summed E-state index contributed by atoms with van der Waals surface area (Å²) in [6, 6.07) is 9.49. The van der Waals surface area contributed by atoms with Crippen molar-refractivity contribution in [1.82, 2.24) is 18.5 Å². The third-order valence-corrected chi connectivity index (χ3v) is 3.98. The average molecular weight is 376 g/mol. The maximum atomic E-state index is 12.3. The smallest absolute Gasteiger partial charge is 0.333 e. The highest BCUT2D eigenvalue weighted by Crippen LogP contribution is 2.10. The van der Waals surface area contributed by atoms with E-state index in [1.165, 1.54) is 36.7 Å². The van der Waals surface area contributed by atoms with Gasteiger partial charge in [-0.15, -0.1) is 0 Å². The topological polar surface area (TPSA) is 201 Å². The third-order valence-electron chi connectivity index (χ3n) is 3.98. The first-order valence-electron chi connectivity index (χ1n) is 7.58. The number of hydrogen-bond donors (Lipinski definition) is 4. The first-order valence-corrected chi connectivity index (χ1v) is 7.58.